The van der Waals surface area contributed by atoms with Gasteiger partial charge >= 0.3 is 0 Å². The number of piperazine rings is 1. The van der Waals surface area contributed by atoms with Crippen molar-refractivity contribution in [2.45, 2.75) is 33.4 Å². The molecule has 3 N–H and O–H groups in total. The summed E-state index contributed by atoms with van der Waals surface area (Å²) in [5.74, 6) is 1.70. The molecule has 41 heavy (non-hydrogen) atoms. The zero-order valence-corrected chi connectivity index (χ0v) is 23.7. The van der Waals surface area contributed by atoms with Crippen LogP contribution >= 0.6 is 0 Å². The highest BCUT2D eigenvalue weighted by atomic mass is 19.1. The smallest absolute Gasteiger partial charge is 0.255 e. The third-order valence-electron chi connectivity index (χ3n) is 6.81. The third kappa shape index (κ3) is 7.21. The Morgan fingerprint density at radius 1 is 1.05 bits per heavy atom. The maximum Gasteiger partial charge on any atom is 0.255 e. The molecule has 5 rings (SSSR count). The van der Waals surface area contributed by atoms with E-state index in [1.54, 1.807) is 35.3 Å². The van der Waals surface area contributed by atoms with Crippen LogP contribution < -0.4 is 16.1 Å². The Hall–Kier alpha value is -4.42. The molecule has 214 valence electrons. The predicted octanol–water partition coefficient (Wildman–Crippen LogP) is 4.14. The molecule has 1 saturated heterocycles. The molecule has 1 atom stereocenters. The number of amides is 1. The van der Waals surface area contributed by atoms with Crippen LogP contribution in [0.4, 0.5) is 27.4 Å². The number of likely N-dealkylation sites (N-methyl/N-ethyl adjacent to an activating group) is 1. The van der Waals surface area contributed by atoms with E-state index in [1.165, 1.54) is 13.3 Å². The molecule has 3 aromatic heterocycles. The van der Waals surface area contributed by atoms with E-state index in [9.17, 15) is 9.18 Å². The highest BCUT2D eigenvalue weighted by Gasteiger charge is 2.17. The first-order valence-corrected chi connectivity index (χ1v) is 13.6. The Morgan fingerprint density at radius 3 is 2.63 bits per heavy atom. The molecule has 1 aliphatic heterocycles. The standard InChI is InChI=1S/C29H35FN10O/c1-19-5-6-23(29(41)34-24-13-22(11-20(2)30)16-31-17-24)14-25(19)35-28-12-21(3)36-40(28)27-15-26(32-18-33-27)37-39-9-7-38(4)8-10-39/h5-6,12-18,20,35H,7-11H2,1-4H3,(H,34,41)(H,32,33,37). The summed E-state index contributed by atoms with van der Waals surface area (Å²) in [7, 11) is 2.12. The summed E-state index contributed by atoms with van der Waals surface area (Å²) in [6.07, 6.45) is 3.92. The third-order valence-corrected chi connectivity index (χ3v) is 6.81. The zero-order valence-electron chi connectivity index (χ0n) is 23.7. The molecule has 0 spiro atoms. The molecular formula is C29H35FN10O. The van der Waals surface area contributed by atoms with E-state index in [1.807, 2.05) is 32.0 Å². The van der Waals surface area contributed by atoms with Gasteiger partial charge in [0.05, 0.1) is 17.6 Å². The van der Waals surface area contributed by atoms with Crippen LogP contribution in [0.5, 0.6) is 0 Å². The van der Waals surface area contributed by atoms with E-state index in [2.05, 4.69) is 53.1 Å². The Labute approximate surface area is 238 Å². The second kappa shape index (κ2) is 12.4. The minimum atomic E-state index is -0.993. The summed E-state index contributed by atoms with van der Waals surface area (Å²) in [6, 6.07) is 11.0. The van der Waals surface area contributed by atoms with Crippen molar-refractivity contribution in [3.05, 3.63) is 77.5 Å². The second-order valence-corrected chi connectivity index (χ2v) is 10.4. The van der Waals surface area contributed by atoms with E-state index >= 15 is 0 Å². The van der Waals surface area contributed by atoms with Gasteiger partial charge in [0.25, 0.3) is 5.91 Å². The lowest BCUT2D eigenvalue weighted by Gasteiger charge is -2.32. The SMILES string of the molecule is Cc1cc(Nc2cc(C(=O)Nc3cncc(CC(C)F)c3)ccc2C)n(-c2cc(NN3CCN(C)CC3)ncn2)n1. The van der Waals surface area contributed by atoms with Crippen molar-refractivity contribution in [2.24, 2.45) is 0 Å². The summed E-state index contributed by atoms with van der Waals surface area (Å²) < 4.78 is 15.2. The lowest BCUT2D eigenvalue weighted by atomic mass is 10.1. The molecule has 0 saturated carbocycles. The van der Waals surface area contributed by atoms with Crippen LogP contribution in [0.25, 0.3) is 5.82 Å². The average Bonchev–Trinajstić information content (AvgIpc) is 3.31. The number of nitrogens with one attached hydrogen (secondary N) is 3. The number of carbonyl (C=O) groups is 1. The maximum absolute atomic E-state index is 13.4. The Kier molecular flexibility index (Phi) is 8.50. The van der Waals surface area contributed by atoms with Crippen LogP contribution in [-0.2, 0) is 6.42 Å². The van der Waals surface area contributed by atoms with E-state index in [0.29, 0.717) is 28.7 Å². The first kappa shape index (κ1) is 28.1. The van der Waals surface area contributed by atoms with Gasteiger partial charge in [0, 0.05) is 62.2 Å². The summed E-state index contributed by atoms with van der Waals surface area (Å²) in [4.78, 5) is 28.4. The van der Waals surface area contributed by atoms with Crippen LogP contribution in [0.2, 0.25) is 0 Å². The number of halogens is 1. The zero-order chi connectivity index (χ0) is 28.9. The normalized spacial score (nSPS) is 15.0. The Balaban J connectivity index is 1.33. The fraction of sp³-hybridized carbons (Fsp3) is 0.345. The van der Waals surface area contributed by atoms with Gasteiger partial charge in [0.2, 0.25) is 0 Å². The van der Waals surface area contributed by atoms with Gasteiger partial charge in [0.1, 0.15) is 24.1 Å². The minimum Gasteiger partial charge on any atom is -0.340 e. The molecule has 0 aliphatic carbocycles. The average molecular weight is 559 g/mol. The molecular weight excluding hydrogens is 523 g/mol. The van der Waals surface area contributed by atoms with Crippen molar-refractivity contribution in [2.75, 3.05) is 49.3 Å². The summed E-state index contributed by atoms with van der Waals surface area (Å²) >= 11 is 0. The van der Waals surface area contributed by atoms with Crippen LogP contribution in [0.1, 0.15) is 34.1 Å². The van der Waals surface area contributed by atoms with Crippen LogP contribution in [0.3, 0.4) is 0 Å². The minimum absolute atomic E-state index is 0.238. The number of aryl methyl sites for hydroxylation is 2. The fourth-order valence-corrected chi connectivity index (χ4v) is 4.60. The number of hydrogen-bond donors (Lipinski definition) is 3. The van der Waals surface area contributed by atoms with Gasteiger partial charge in [-0.05, 0) is 57.1 Å². The molecule has 4 aromatic rings. The van der Waals surface area contributed by atoms with Gasteiger partial charge in [-0.15, -0.1) is 0 Å². The van der Waals surface area contributed by atoms with E-state index in [0.717, 1.165) is 48.7 Å². The number of alkyl halides is 1. The van der Waals surface area contributed by atoms with Crippen LogP contribution in [0.15, 0.2) is 55.1 Å². The largest absolute Gasteiger partial charge is 0.340 e. The molecule has 11 nitrogen and oxygen atoms in total. The molecule has 1 amide bonds. The van der Waals surface area contributed by atoms with Crippen LogP contribution in [0, 0.1) is 13.8 Å². The van der Waals surface area contributed by atoms with Gasteiger partial charge in [-0.1, -0.05) is 6.07 Å². The first-order chi connectivity index (χ1) is 19.7. The molecule has 1 aliphatic rings. The van der Waals surface area contributed by atoms with E-state index in [-0.39, 0.29) is 12.3 Å². The number of benzene rings is 1. The van der Waals surface area contributed by atoms with Crippen molar-refractivity contribution in [1.82, 2.24) is 34.6 Å². The summed E-state index contributed by atoms with van der Waals surface area (Å²) in [5.41, 5.74) is 7.59. The van der Waals surface area contributed by atoms with Gasteiger partial charge in [0.15, 0.2) is 5.82 Å². The Morgan fingerprint density at radius 2 is 1.85 bits per heavy atom. The summed E-state index contributed by atoms with van der Waals surface area (Å²) in [6.45, 7) is 9.12. The molecule has 0 bridgehead atoms. The molecule has 1 fully saturated rings. The summed E-state index contributed by atoms with van der Waals surface area (Å²) in [5, 5.41) is 13.1. The number of pyridine rings is 1. The van der Waals surface area contributed by atoms with Crippen molar-refractivity contribution >= 4 is 28.9 Å². The molecule has 1 unspecified atom stereocenters. The van der Waals surface area contributed by atoms with Crippen molar-refractivity contribution in [3.63, 3.8) is 0 Å². The quantitative estimate of drug-likeness (QED) is 0.279. The number of aromatic nitrogens is 5. The van der Waals surface area contributed by atoms with Gasteiger partial charge < -0.3 is 21.0 Å². The number of hydrogen-bond acceptors (Lipinski definition) is 9. The Bertz CT molecular complexity index is 1510. The number of rotatable bonds is 9. The lowest BCUT2D eigenvalue weighted by Crippen LogP contribution is -2.47. The lowest BCUT2D eigenvalue weighted by molar-refractivity contribution is 0.102. The van der Waals surface area contributed by atoms with Crippen molar-refractivity contribution < 1.29 is 9.18 Å². The van der Waals surface area contributed by atoms with Gasteiger partial charge in [-0.3, -0.25) is 9.78 Å². The van der Waals surface area contributed by atoms with Gasteiger partial charge in [-0.25, -0.2) is 19.4 Å². The van der Waals surface area contributed by atoms with Gasteiger partial charge in [-0.2, -0.15) is 9.78 Å². The molecule has 1 aromatic carbocycles. The highest BCUT2D eigenvalue weighted by Crippen LogP contribution is 2.26. The number of nitrogens with zero attached hydrogens (tertiary/aromatic N) is 7. The highest BCUT2D eigenvalue weighted by molar-refractivity contribution is 6.05. The maximum atomic E-state index is 13.4. The molecule has 12 heteroatoms. The molecule has 4 heterocycles. The first-order valence-electron chi connectivity index (χ1n) is 13.6. The van der Waals surface area contributed by atoms with Crippen LogP contribution in [-0.4, -0.2) is 79.9 Å². The van der Waals surface area contributed by atoms with E-state index in [4.69, 9.17) is 0 Å². The topological polar surface area (TPSA) is 116 Å². The van der Waals surface area contributed by atoms with E-state index < -0.39 is 6.17 Å². The fourth-order valence-electron chi connectivity index (χ4n) is 4.60. The number of hydrazine groups is 1. The van der Waals surface area contributed by atoms with Crippen molar-refractivity contribution in [3.8, 4) is 5.82 Å². The number of anilines is 4. The van der Waals surface area contributed by atoms with Crippen molar-refractivity contribution in [1.29, 1.82) is 0 Å². The number of carbonyl (C=O) groups excluding carboxylic acids is 1. The predicted molar refractivity (Wildman–Crippen MR) is 158 cm³/mol. The monoisotopic (exact) mass is 558 g/mol. The second-order valence-electron chi connectivity index (χ2n) is 10.4. The molecule has 0 radical (unpaired) electrons.